The van der Waals surface area contributed by atoms with Crippen molar-refractivity contribution in [2.24, 2.45) is 0 Å². The van der Waals surface area contributed by atoms with Gasteiger partial charge in [0.15, 0.2) is 0 Å². The van der Waals surface area contributed by atoms with Gasteiger partial charge in [0, 0.05) is 12.6 Å². The van der Waals surface area contributed by atoms with Crippen LogP contribution < -0.4 is 5.32 Å². The number of benzene rings is 1. The minimum absolute atomic E-state index is 0.244. The maximum Gasteiger partial charge on any atom is 0.145 e. The quantitative estimate of drug-likeness (QED) is 0.854. The van der Waals surface area contributed by atoms with Gasteiger partial charge in [-0.1, -0.05) is 34.8 Å². The van der Waals surface area contributed by atoms with E-state index in [1.807, 2.05) is 0 Å². The summed E-state index contributed by atoms with van der Waals surface area (Å²) in [7, 11) is 1.69. The smallest absolute Gasteiger partial charge is 0.145 e. The van der Waals surface area contributed by atoms with Crippen molar-refractivity contribution in [3.8, 4) is 11.3 Å². The lowest BCUT2D eigenvalue weighted by Gasteiger charge is -2.10. The van der Waals surface area contributed by atoms with E-state index in [4.69, 9.17) is 34.8 Å². The first-order valence-electron chi connectivity index (χ1n) is 5.02. The molecule has 6 heteroatoms. The highest BCUT2D eigenvalue weighted by atomic mass is 35.5. The summed E-state index contributed by atoms with van der Waals surface area (Å²) in [5.41, 5.74) is 1.01. The molecule has 2 nitrogen and oxygen atoms in total. The molecule has 0 bridgehead atoms. The lowest BCUT2D eigenvalue weighted by Crippen LogP contribution is -1.96. The third kappa shape index (κ3) is 2.53. The van der Waals surface area contributed by atoms with Crippen LogP contribution in [-0.4, -0.2) is 12.0 Å². The standard InChI is InChI=1S/C12H8Cl3FN2/c1-17-12-10(15)5-9(14)11(18-12)7-3-2-6(16)4-8(7)13/h2-5H,1H3,(H,17,18). The lowest BCUT2D eigenvalue weighted by atomic mass is 10.1. The molecule has 0 fully saturated rings. The highest BCUT2D eigenvalue weighted by Gasteiger charge is 2.13. The summed E-state index contributed by atoms with van der Waals surface area (Å²) in [6.07, 6.45) is 0. The second kappa shape index (κ2) is 5.31. The first-order chi connectivity index (χ1) is 8.52. The SMILES string of the molecule is CNc1nc(-c2ccc(F)cc2Cl)c(Cl)cc1Cl. The number of halogens is 4. The average molecular weight is 306 g/mol. The zero-order valence-electron chi connectivity index (χ0n) is 9.27. The Morgan fingerprint density at radius 1 is 1.06 bits per heavy atom. The Morgan fingerprint density at radius 3 is 2.39 bits per heavy atom. The Bertz CT molecular complexity index is 602. The van der Waals surface area contributed by atoms with Gasteiger partial charge in [0.2, 0.25) is 0 Å². The highest BCUT2D eigenvalue weighted by Crippen LogP contribution is 2.35. The molecule has 1 heterocycles. The molecular weight excluding hydrogens is 298 g/mol. The molecule has 2 aromatic rings. The Balaban J connectivity index is 2.63. The van der Waals surface area contributed by atoms with Crippen LogP contribution in [0.5, 0.6) is 0 Å². The first-order valence-corrected chi connectivity index (χ1v) is 6.15. The van der Waals surface area contributed by atoms with E-state index >= 15 is 0 Å². The van der Waals surface area contributed by atoms with E-state index in [0.717, 1.165) is 0 Å². The van der Waals surface area contributed by atoms with Gasteiger partial charge in [0.1, 0.15) is 11.6 Å². The van der Waals surface area contributed by atoms with Gasteiger partial charge in [0.05, 0.1) is 20.8 Å². The maximum absolute atomic E-state index is 13.0. The molecule has 0 spiro atoms. The number of hydrogen-bond acceptors (Lipinski definition) is 2. The zero-order chi connectivity index (χ0) is 13.3. The summed E-state index contributed by atoms with van der Waals surface area (Å²) in [5, 5.41) is 3.85. The lowest BCUT2D eigenvalue weighted by molar-refractivity contribution is 0.628. The molecule has 1 N–H and O–H groups in total. The van der Waals surface area contributed by atoms with Crippen LogP contribution in [0, 0.1) is 5.82 Å². The van der Waals surface area contributed by atoms with Gasteiger partial charge < -0.3 is 5.32 Å². The molecule has 0 aliphatic carbocycles. The highest BCUT2D eigenvalue weighted by molar-refractivity contribution is 6.38. The molecule has 2 rings (SSSR count). The Labute approximate surface area is 119 Å². The van der Waals surface area contributed by atoms with Gasteiger partial charge in [-0.2, -0.15) is 0 Å². The largest absolute Gasteiger partial charge is 0.372 e. The molecule has 0 saturated heterocycles. The normalized spacial score (nSPS) is 10.5. The van der Waals surface area contributed by atoms with Crippen LogP contribution in [0.3, 0.4) is 0 Å². The molecule has 0 amide bonds. The van der Waals surface area contributed by atoms with E-state index in [0.29, 0.717) is 27.1 Å². The molecule has 1 aromatic carbocycles. The molecule has 0 unspecified atom stereocenters. The number of anilines is 1. The van der Waals surface area contributed by atoms with Gasteiger partial charge in [-0.3, -0.25) is 0 Å². The fourth-order valence-corrected chi connectivity index (χ4v) is 2.32. The summed E-state index contributed by atoms with van der Waals surface area (Å²) in [4.78, 5) is 4.27. The number of nitrogens with one attached hydrogen (secondary N) is 1. The maximum atomic E-state index is 13.0. The second-order valence-corrected chi connectivity index (χ2v) is 4.74. The zero-order valence-corrected chi connectivity index (χ0v) is 11.5. The Hall–Kier alpha value is -1.03. The van der Waals surface area contributed by atoms with Crippen LogP contribution in [0.2, 0.25) is 15.1 Å². The molecular formula is C12H8Cl3FN2. The molecule has 1 aromatic heterocycles. The Morgan fingerprint density at radius 2 is 1.78 bits per heavy atom. The molecule has 94 valence electrons. The van der Waals surface area contributed by atoms with E-state index in [9.17, 15) is 4.39 Å². The van der Waals surface area contributed by atoms with E-state index in [1.54, 1.807) is 13.1 Å². The summed E-state index contributed by atoms with van der Waals surface area (Å²) in [6.45, 7) is 0. The van der Waals surface area contributed by atoms with Crippen molar-refractivity contribution in [2.75, 3.05) is 12.4 Å². The van der Waals surface area contributed by atoms with Gasteiger partial charge in [-0.15, -0.1) is 0 Å². The second-order valence-electron chi connectivity index (χ2n) is 3.52. The predicted molar refractivity (Wildman–Crippen MR) is 74.2 cm³/mol. The minimum Gasteiger partial charge on any atom is -0.372 e. The van der Waals surface area contributed by atoms with Crippen molar-refractivity contribution >= 4 is 40.6 Å². The van der Waals surface area contributed by atoms with Crippen LogP contribution in [0.4, 0.5) is 10.2 Å². The van der Waals surface area contributed by atoms with Crippen LogP contribution >= 0.6 is 34.8 Å². The summed E-state index contributed by atoms with van der Waals surface area (Å²) < 4.78 is 13.0. The van der Waals surface area contributed by atoms with Crippen LogP contribution in [-0.2, 0) is 0 Å². The van der Waals surface area contributed by atoms with Crippen molar-refractivity contribution in [1.82, 2.24) is 4.98 Å². The third-order valence-corrected chi connectivity index (χ3v) is 3.24. The molecule has 0 saturated carbocycles. The van der Waals surface area contributed by atoms with Crippen molar-refractivity contribution in [1.29, 1.82) is 0 Å². The summed E-state index contributed by atoms with van der Waals surface area (Å²) in [6, 6.07) is 5.60. The van der Waals surface area contributed by atoms with E-state index in [2.05, 4.69) is 10.3 Å². The number of hydrogen-bond donors (Lipinski definition) is 1. The van der Waals surface area contributed by atoms with Crippen LogP contribution in [0.25, 0.3) is 11.3 Å². The van der Waals surface area contributed by atoms with Gasteiger partial charge in [-0.05, 0) is 24.3 Å². The topological polar surface area (TPSA) is 24.9 Å². The van der Waals surface area contributed by atoms with Gasteiger partial charge >= 0.3 is 0 Å². The fraction of sp³-hybridized carbons (Fsp3) is 0.0833. The molecule has 0 radical (unpaired) electrons. The molecule has 0 aliphatic rings. The number of nitrogens with zero attached hydrogens (tertiary/aromatic N) is 1. The van der Waals surface area contributed by atoms with Crippen LogP contribution in [0.15, 0.2) is 24.3 Å². The third-order valence-electron chi connectivity index (χ3n) is 2.35. The van der Waals surface area contributed by atoms with Gasteiger partial charge in [0.25, 0.3) is 0 Å². The predicted octanol–water partition coefficient (Wildman–Crippen LogP) is 4.89. The minimum atomic E-state index is -0.414. The van der Waals surface area contributed by atoms with Crippen LogP contribution in [0.1, 0.15) is 0 Å². The number of rotatable bonds is 2. The van der Waals surface area contributed by atoms with Crippen molar-refractivity contribution in [3.63, 3.8) is 0 Å². The number of aromatic nitrogens is 1. The summed E-state index contributed by atoms with van der Waals surface area (Å²) in [5.74, 6) is 0.0686. The van der Waals surface area contributed by atoms with E-state index < -0.39 is 5.82 Å². The van der Waals surface area contributed by atoms with Gasteiger partial charge in [-0.25, -0.2) is 9.37 Å². The Kier molecular flexibility index (Phi) is 3.95. The molecule has 0 atom stereocenters. The van der Waals surface area contributed by atoms with Crippen molar-refractivity contribution < 1.29 is 4.39 Å². The molecule has 0 aliphatic heterocycles. The summed E-state index contributed by atoms with van der Waals surface area (Å²) >= 11 is 18.0. The molecule has 18 heavy (non-hydrogen) atoms. The first kappa shape index (κ1) is 13.4. The van der Waals surface area contributed by atoms with Crippen molar-refractivity contribution in [3.05, 3.63) is 45.2 Å². The monoisotopic (exact) mass is 304 g/mol. The van der Waals surface area contributed by atoms with E-state index in [1.165, 1.54) is 18.2 Å². The van der Waals surface area contributed by atoms with Crippen molar-refractivity contribution in [2.45, 2.75) is 0 Å². The number of pyridine rings is 1. The van der Waals surface area contributed by atoms with E-state index in [-0.39, 0.29) is 5.02 Å². The average Bonchev–Trinajstić information content (AvgIpc) is 2.30. The fourth-order valence-electron chi connectivity index (χ4n) is 1.51.